The zero-order valence-corrected chi connectivity index (χ0v) is 11.1. The van der Waals surface area contributed by atoms with Crippen LogP contribution in [0.5, 0.6) is 0 Å². The Bertz CT molecular complexity index is 558. The number of benzene rings is 2. The van der Waals surface area contributed by atoms with Crippen molar-refractivity contribution in [2.24, 2.45) is 0 Å². The molecule has 0 heterocycles. The third-order valence-electron chi connectivity index (χ3n) is 3.09. The van der Waals surface area contributed by atoms with Crippen LogP contribution in [0.25, 0.3) is 0 Å². The van der Waals surface area contributed by atoms with Crippen LogP contribution in [0.15, 0.2) is 48.5 Å². The van der Waals surface area contributed by atoms with Crippen LogP contribution in [-0.2, 0) is 4.79 Å². The zero-order valence-electron chi connectivity index (χ0n) is 11.1. The Kier molecular flexibility index (Phi) is 3.97. The average molecular weight is 255 g/mol. The van der Waals surface area contributed by atoms with Crippen molar-refractivity contribution >= 4 is 11.6 Å². The molecule has 2 aromatic rings. The summed E-state index contributed by atoms with van der Waals surface area (Å²) >= 11 is 0. The number of amides is 1. The van der Waals surface area contributed by atoms with Gasteiger partial charge < -0.3 is 10.4 Å². The Morgan fingerprint density at radius 1 is 1.00 bits per heavy atom. The first-order chi connectivity index (χ1) is 9.09. The maximum absolute atomic E-state index is 12.1. The van der Waals surface area contributed by atoms with Crippen molar-refractivity contribution < 1.29 is 9.90 Å². The molecule has 0 spiro atoms. The second-order valence-corrected chi connectivity index (χ2v) is 4.57. The van der Waals surface area contributed by atoms with Crippen LogP contribution in [0.2, 0.25) is 0 Å². The Balaban J connectivity index is 2.18. The number of aliphatic hydroxyl groups excluding tert-OH is 1. The highest BCUT2D eigenvalue weighted by molar-refractivity contribution is 5.95. The number of para-hydroxylation sites is 1. The van der Waals surface area contributed by atoms with E-state index in [0.29, 0.717) is 5.56 Å². The molecular formula is C16H17NO2. The quantitative estimate of drug-likeness (QED) is 0.885. The van der Waals surface area contributed by atoms with Gasteiger partial charge in [0.2, 0.25) is 0 Å². The maximum atomic E-state index is 12.1. The zero-order chi connectivity index (χ0) is 13.8. The van der Waals surface area contributed by atoms with E-state index in [4.69, 9.17) is 0 Å². The van der Waals surface area contributed by atoms with Gasteiger partial charge in [-0.1, -0.05) is 48.5 Å². The fraction of sp³-hybridized carbons (Fsp3) is 0.188. The first-order valence-electron chi connectivity index (χ1n) is 6.19. The van der Waals surface area contributed by atoms with Gasteiger partial charge in [-0.15, -0.1) is 0 Å². The first-order valence-corrected chi connectivity index (χ1v) is 6.19. The van der Waals surface area contributed by atoms with Crippen molar-refractivity contribution in [3.63, 3.8) is 0 Å². The molecule has 1 unspecified atom stereocenters. The lowest BCUT2D eigenvalue weighted by atomic mass is 10.1. The summed E-state index contributed by atoms with van der Waals surface area (Å²) in [7, 11) is 0. The van der Waals surface area contributed by atoms with Gasteiger partial charge in [-0.05, 0) is 30.5 Å². The molecule has 0 aliphatic heterocycles. The third-order valence-corrected chi connectivity index (χ3v) is 3.09. The van der Waals surface area contributed by atoms with E-state index in [-0.39, 0.29) is 0 Å². The molecule has 0 aliphatic rings. The summed E-state index contributed by atoms with van der Waals surface area (Å²) in [6.45, 7) is 3.86. The minimum atomic E-state index is -1.15. The van der Waals surface area contributed by atoms with Crippen LogP contribution < -0.4 is 5.32 Å². The number of carbonyl (C=O) groups excluding carboxylic acids is 1. The molecule has 0 saturated heterocycles. The van der Waals surface area contributed by atoms with Crippen LogP contribution in [0.4, 0.5) is 5.69 Å². The van der Waals surface area contributed by atoms with Crippen LogP contribution >= 0.6 is 0 Å². The van der Waals surface area contributed by atoms with Gasteiger partial charge in [0, 0.05) is 5.69 Å². The average Bonchev–Trinajstić information content (AvgIpc) is 2.43. The number of aryl methyl sites for hydroxylation is 2. The van der Waals surface area contributed by atoms with Crippen molar-refractivity contribution in [3.8, 4) is 0 Å². The molecule has 0 aromatic heterocycles. The number of hydrogen-bond donors (Lipinski definition) is 2. The maximum Gasteiger partial charge on any atom is 0.257 e. The molecule has 0 radical (unpaired) electrons. The van der Waals surface area contributed by atoms with Gasteiger partial charge in [0.05, 0.1) is 0 Å². The normalized spacial score (nSPS) is 11.9. The molecule has 1 atom stereocenters. The van der Waals surface area contributed by atoms with Crippen molar-refractivity contribution in [1.29, 1.82) is 0 Å². The largest absolute Gasteiger partial charge is 0.378 e. The van der Waals surface area contributed by atoms with Gasteiger partial charge in [-0.3, -0.25) is 4.79 Å². The second kappa shape index (κ2) is 5.67. The summed E-state index contributed by atoms with van der Waals surface area (Å²) in [5.74, 6) is -0.413. The fourth-order valence-electron chi connectivity index (χ4n) is 1.99. The highest BCUT2D eigenvalue weighted by atomic mass is 16.3. The second-order valence-electron chi connectivity index (χ2n) is 4.57. The van der Waals surface area contributed by atoms with E-state index >= 15 is 0 Å². The van der Waals surface area contributed by atoms with Gasteiger partial charge in [-0.2, -0.15) is 0 Å². The molecule has 2 rings (SSSR count). The van der Waals surface area contributed by atoms with Crippen molar-refractivity contribution in [3.05, 3.63) is 65.2 Å². The molecule has 3 nitrogen and oxygen atoms in total. The van der Waals surface area contributed by atoms with Crippen molar-refractivity contribution in [2.75, 3.05) is 5.32 Å². The lowest BCUT2D eigenvalue weighted by Crippen LogP contribution is -2.21. The summed E-state index contributed by atoms with van der Waals surface area (Å²) in [6.07, 6.45) is -1.15. The number of aliphatic hydroxyl groups is 1. The Hall–Kier alpha value is -2.13. The fourth-order valence-corrected chi connectivity index (χ4v) is 1.99. The summed E-state index contributed by atoms with van der Waals surface area (Å²) in [4.78, 5) is 12.1. The molecule has 2 aromatic carbocycles. The smallest absolute Gasteiger partial charge is 0.257 e. The van der Waals surface area contributed by atoms with Crippen LogP contribution in [0.1, 0.15) is 22.8 Å². The molecule has 0 aliphatic carbocycles. The SMILES string of the molecule is Cc1cccc(C)c1NC(=O)C(O)c1ccccc1. The predicted octanol–water partition coefficient (Wildman–Crippen LogP) is 2.98. The summed E-state index contributed by atoms with van der Waals surface area (Å²) in [5.41, 5.74) is 3.32. The Morgan fingerprint density at radius 3 is 2.16 bits per heavy atom. The molecule has 98 valence electrons. The van der Waals surface area contributed by atoms with E-state index < -0.39 is 12.0 Å². The highest BCUT2D eigenvalue weighted by Crippen LogP contribution is 2.22. The van der Waals surface area contributed by atoms with Crippen LogP contribution in [-0.4, -0.2) is 11.0 Å². The van der Waals surface area contributed by atoms with E-state index in [1.54, 1.807) is 24.3 Å². The van der Waals surface area contributed by atoms with Gasteiger partial charge in [0.1, 0.15) is 0 Å². The highest BCUT2D eigenvalue weighted by Gasteiger charge is 2.18. The number of anilines is 1. The summed E-state index contributed by atoms with van der Waals surface area (Å²) in [5, 5.41) is 12.8. The van der Waals surface area contributed by atoms with E-state index in [9.17, 15) is 9.90 Å². The van der Waals surface area contributed by atoms with Gasteiger partial charge in [0.15, 0.2) is 6.10 Å². The van der Waals surface area contributed by atoms with Crippen LogP contribution in [0, 0.1) is 13.8 Å². The molecule has 0 fully saturated rings. The number of hydrogen-bond acceptors (Lipinski definition) is 2. The van der Waals surface area contributed by atoms with Crippen LogP contribution in [0.3, 0.4) is 0 Å². The van der Waals surface area contributed by atoms with E-state index in [2.05, 4.69) is 5.32 Å². The van der Waals surface area contributed by atoms with Crippen molar-refractivity contribution in [1.82, 2.24) is 0 Å². The Labute approximate surface area is 112 Å². The summed E-state index contributed by atoms with van der Waals surface area (Å²) in [6, 6.07) is 14.7. The summed E-state index contributed by atoms with van der Waals surface area (Å²) < 4.78 is 0. The molecular weight excluding hydrogens is 238 g/mol. The monoisotopic (exact) mass is 255 g/mol. The number of nitrogens with one attached hydrogen (secondary N) is 1. The molecule has 0 saturated carbocycles. The molecule has 1 amide bonds. The minimum Gasteiger partial charge on any atom is -0.378 e. The number of carbonyl (C=O) groups is 1. The molecule has 0 bridgehead atoms. The van der Waals surface area contributed by atoms with Gasteiger partial charge in [0.25, 0.3) is 5.91 Å². The standard InChI is InChI=1S/C16H17NO2/c1-11-7-6-8-12(2)14(11)17-16(19)15(18)13-9-4-3-5-10-13/h3-10,15,18H,1-2H3,(H,17,19). The number of rotatable bonds is 3. The lowest BCUT2D eigenvalue weighted by Gasteiger charge is -2.15. The minimum absolute atomic E-state index is 0.413. The van der Waals surface area contributed by atoms with E-state index in [0.717, 1.165) is 16.8 Å². The predicted molar refractivity (Wildman–Crippen MR) is 75.9 cm³/mol. The van der Waals surface area contributed by atoms with E-state index in [1.807, 2.05) is 38.1 Å². The Morgan fingerprint density at radius 2 is 1.58 bits per heavy atom. The molecule has 2 N–H and O–H groups in total. The first kappa shape index (κ1) is 13.3. The van der Waals surface area contributed by atoms with Gasteiger partial charge in [-0.25, -0.2) is 0 Å². The van der Waals surface area contributed by atoms with E-state index in [1.165, 1.54) is 0 Å². The van der Waals surface area contributed by atoms with Gasteiger partial charge >= 0.3 is 0 Å². The molecule has 19 heavy (non-hydrogen) atoms. The van der Waals surface area contributed by atoms with Crippen molar-refractivity contribution in [2.45, 2.75) is 20.0 Å². The topological polar surface area (TPSA) is 49.3 Å². The third kappa shape index (κ3) is 3.01. The molecule has 3 heteroatoms. The lowest BCUT2D eigenvalue weighted by molar-refractivity contribution is -0.124.